The fourth-order valence-corrected chi connectivity index (χ4v) is 4.84. The van der Waals surface area contributed by atoms with Crippen molar-refractivity contribution >= 4 is 0 Å². The molecule has 6 aromatic rings. The smallest absolute Gasteiger partial charge is 0.177 e. The number of rotatable bonds is 5. The molecule has 4 heteroatoms. The summed E-state index contributed by atoms with van der Waals surface area (Å²) in [6.07, 6.45) is 0. The average Bonchev–Trinajstić information content (AvgIpc) is 3.47. The van der Waals surface area contributed by atoms with Crippen molar-refractivity contribution in [2.45, 2.75) is 0 Å². The number of hydrogen-bond donors (Lipinski definition) is 0. The molecule has 4 nitrogen and oxygen atoms in total. The first-order chi connectivity index (χ1) is 17.7. The zero-order chi connectivity index (χ0) is 24.5. The van der Waals surface area contributed by atoms with E-state index in [1.807, 2.05) is 24.3 Å². The maximum atomic E-state index is 5.21. The Bertz CT molecular complexity index is 1490. The second kappa shape index (κ2) is 9.16. The third-order valence-electron chi connectivity index (χ3n) is 6.58. The van der Waals surface area contributed by atoms with Crippen molar-refractivity contribution in [2.24, 2.45) is 14.1 Å². The van der Waals surface area contributed by atoms with Gasteiger partial charge in [-0.3, -0.25) is 0 Å². The van der Waals surface area contributed by atoms with Crippen molar-refractivity contribution in [3.05, 3.63) is 121 Å². The van der Waals surface area contributed by atoms with Gasteiger partial charge in [0.05, 0.1) is 22.8 Å². The highest BCUT2D eigenvalue weighted by Crippen LogP contribution is 2.39. The third-order valence-corrected chi connectivity index (χ3v) is 6.58. The van der Waals surface area contributed by atoms with Crippen molar-refractivity contribution in [1.82, 2.24) is 19.1 Å². The molecular weight excluding hydrogens is 440 g/mol. The minimum absolute atomic E-state index is 0.828. The summed E-state index contributed by atoms with van der Waals surface area (Å²) in [7, 11) is 4.16. The first kappa shape index (κ1) is 21.8. The van der Waals surface area contributed by atoms with E-state index in [1.165, 1.54) is 0 Å². The standard InChI is InChI=1S/C32H26N4/c1-35-29(25-19-11-5-12-20-25)27(23-15-7-3-8-16-23)33-31(35)32-34-28(24-17-9-4-10-18-24)30(36(32)2)26-21-13-6-14-22-26/h3-22H,1-2H3. The number of imidazole rings is 2. The Kier molecular flexibility index (Phi) is 5.55. The van der Waals surface area contributed by atoms with E-state index in [-0.39, 0.29) is 0 Å². The van der Waals surface area contributed by atoms with Gasteiger partial charge in [-0.1, -0.05) is 121 Å². The summed E-state index contributed by atoms with van der Waals surface area (Å²) in [4.78, 5) is 10.4. The summed E-state index contributed by atoms with van der Waals surface area (Å²) in [5.41, 5.74) is 8.45. The molecule has 0 saturated carbocycles. The molecule has 0 aliphatic rings. The molecule has 0 fully saturated rings. The molecule has 6 rings (SSSR count). The highest BCUT2D eigenvalue weighted by atomic mass is 15.2. The fraction of sp³-hybridized carbons (Fsp3) is 0.0625. The van der Waals surface area contributed by atoms with Gasteiger partial charge in [0, 0.05) is 36.3 Å². The van der Waals surface area contributed by atoms with Gasteiger partial charge in [0.25, 0.3) is 0 Å². The van der Waals surface area contributed by atoms with Crippen molar-refractivity contribution < 1.29 is 0 Å². The van der Waals surface area contributed by atoms with Gasteiger partial charge in [0.1, 0.15) is 0 Å². The summed E-state index contributed by atoms with van der Waals surface area (Å²) in [5, 5.41) is 0. The van der Waals surface area contributed by atoms with Crippen LogP contribution in [0.2, 0.25) is 0 Å². The third kappa shape index (κ3) is 3.73. The fourth-order valence-electron chi connectivity index (χ4n) is 4.84. The predicted molar refractivity (Wildman–Crippen MR) is 147 cm³/mol. The molecule has 0 aliphatic carbocycles. The quantitative estimate of drug-likeness (QED) is 0.264. The summed E-state index contributed by atoms with van der Waals surface area (Å²) >= 11 is 0. The molecule has 0 atom stereocenters. The molecule has 36 heavy (non-hydrogen) atoms. The van der Waals surface area contributed by atoms with Gasteiger partial charge < -0.3 is 9.13 Å². The van der Waals surface area contributed by atoms with Crippen LogP contribution in [0.3, 0.4) is 0 Å². The van der Waals surface area contributed by atoms with E-state index in [0.29, 0.717) is 0 Å². The highest BCUT2D eigenvalue weighted by Gasteiger charge is 2.25. The van der Waals surface area contributed by atoms with Gasteiger partial charge in [-0.2, -0.15) is 0 Å². The molecular formula is C32H26N4. The molecule has 0 unspecified atom stereocenters. The minimum Gasteiger partial charge on any atom is -0.324 e. The van der Waals surface area contributed by atoms with Crippen LogP contribution in [-0.4, -0.2) is 19.1 Å². The van der Waals surface area contributed by atoms with E-state index >= 15 is 0 Å². The molecule has 0 N–H and O–H groups in total. The average molecular weight is 467 g/mol. The molecule has 4 aromatic carbocycles. The molecule has 2 heterocycles. The van der Waals surface area contributed by atoms with Crippen LogP contribution < -0.4 is 0 Å². The molecule has 174 valence electrons. The maximum absolute atomic E-state index is 5.21. The monoisotopic (exact) mass is 466 g/mol. The molecule has 0 bridgehead atoms. The Morgan fingerprint density at radius 3 is 0.972 bits per heavy atom. The number of hydrogen-bond acceptors (Lipinski definition) is 2. The van der Waals surface area contributed by atoms with Crippen molar-refractivity contribution in [3.63, 3.8) is 0 Å². The van der Waals surface area contributed by atoms with Gasteiger partial charge in [-0.25, -0.2) is 9.97 Å². The number of aromatic nitrogens is 4. The van der Waals surface area contributed by atoms with Crippen LogP contribution in [0.1, 0.15) is 0 Å². The van der Waals surface area contributed by atoms with Crippen LogP contribution in [0.5, 0.6) is 0 Å². The van der Waals surface area contributed by atoms with Gasteiger partial charge in [0.15, 0.2) is 11.6 Å². The van der Waals surface area contributed by atoms with E-state index in [2.05, 4.69) is 120 Å². The van der Waals surface area contributed by atoms with Gasteiger partial charge >= 0.3 is 0 Å². The lowest BCUT2D eigenvalue weighted by Gasteiger charge is -2.09. The van der Waals surface area contributed by atoms with E-state index < -0.39 is 0 Å². The number of nitrogens with zero attached hydrogens (tertiary/aromatic N) is 4. The van der Waals surface area contributed by atoms with Gasteiger partial charge in [-0.15, -0.1) is 0 Å². The Hall–Kier alpha value is -4.70. The Balaban J connectivity index is 1.63. The zero-order valence-corrected chi connectivity index (χ0v) is 20.3. The predicted octanol–water partition coefficient (Wildman–Crippen LogP) is 7.49. The van der Waals surface area contributed by atoms with E-state index in [1.54, 1.807) is 0 Å². The minimum atomic E-state index is 0.828. The van der Waals surface area contributed by atoms with Crippen LogP contribution >= 0.6 is 0 Å². The SMILES string of the molecule is Cn1c(-c2nc(-c3ccccc3)c(-c3ccccc3)n2C)nc(-c2ccccc2)c1-c1ccccc1. The van der Waals surface area contributed by atoms with Gasteiger partial charge in [0.2, 0.25) is 0 Å². The van der Waals surface area contributed by atoms with E-state index in [0.717, 1.165) is 56.7 Å². The molecule has 0 radical (unpaired) electrons. The van der Waals surface area contributed by atoms with Gasteiger partial charge in [-0.05, 0) is 0 Å². The second-order valence-corrected chi connectivity index (χ2v) is 8.85. The summed E-state index contributed by atoms with van der Waals surface area (Å²) in [6, 6.07) is 41.6. The first-order valence-corrected chi connectivity index (χ1v) is 12.1. The maximum Gasteiger partial charge on any atom is 0.177 e. The van der Waals surface area contributed by atoms with Crippen LogP contribution in [0.25, 0.3) is 56.7 Å². The summed E-state index contributed by atoms with van der Waals surface area (Å²) in [6.45, 7) is 0. The van der Waals surface area contributed by atoms with Crippen molar-refractivity contribution in [1.29, 1.82) is 0 Å². The number of benzene rings is 4. The lowest BCUT2D eigenvalue weighted by atomic mass is 10.1. The topological polar surface area (TPSA) is 35.6 Å². The Morgan fingerprint density at radius 1 is 0.389 bits per heavy atom. The summed E-state index contributed by atoms with van der Waals surface area (Å²) in [5.74, 6) is 1.66. The second-order valence-electron chi connectivity index (χ2n) is 8.85. The van der Waals surface area contributed by atoms with E-state index in [4.69, 9.17) is 9.97 Å². The highest BCUT2D eigenvalue weighted by molar-refractivity contribution is 5.84. The van der Waals surface area contributed by atoms with Crippen LogP contribution in [0.4, 0.5) is 0 Å². The van der Waals surface area contributed by atoms with Crippen molar-refractivity contribution in [3.8, 4) is 56.7 Å². The zero-order valence-electron chi connectivity index (χ0n) is 20.3. The Morgan fingerprint density at radius 2 is 0.667 bits per heavy atom. The molecule has 2 aromatic heterocycles. The summed E-state index contributed by atoms with van der Waals surface area (Å²) < 4.78 is 4.34. The lowest BCUT2D eigenvalue weighted by Crippen LogP contribution is -2.02. The Labute approximate surface area is 211 Å². The van der Waals surface area contributed by atoms with Crippen LogP contribution in [-0.2, 0) is 14.1 Å². The lowest BCUT2D eigenvalue weighted by molar-refractivity contribution is 0.868. The van der Waals surface area contributed by atoms with Crippen LogP contribution in [0.15, 0.2) is 121 Å². The largest absolute Gasteiger partial charge is 0.324 e. The molecule has 0 amide bonds. The molecule has 0 aliphatic heterocycles. The molecule has 0 saturated heterocycles. The van der Waals surface area contributed by atoms with E-state index in [9.17, 15) is 0 Å². The normalized spacial score (nSPS) is 11.1. The first-order valence-electron chi connectivity index (χ1n) is 12.1. The molecule has 0 spiro atoms. The van der Waals surface area contributed by atoms with Crippen molar-refractivity contribution in [2.75, 3.05) is 0 Å². The van der Waals surface area contributed by atoms with Crippen LogP contribution in [0, 0.1) is 0 Å².